The van der Waals surface area contributed by atoms with Gasteiger partial charge in [0, 0.05) is 49.2 Å². The minimum atomic E-state index is -0.453. The topological polar surface area (TPSA) is 96.9 Å². The first kappa shape index (κ1) is 23.0. The Hall–Kier alpha value is -3.46. The lowest BCUT2D eigenvalue weighted by atomic mass is 9.89. The quantitative estimate of drug-likeness (QED) is 0.666. The molecule has 0 spiro atoms. The Kier molecular flexibility index (Phi) is 6.08. The van der Waals surface area contributed by atoms with E-state index in [1.807, 2.05) is 30.3 Å². The molecule has 0 bridgehead atoms. The molecule has 0 radical (unpaired) electrons. The van der Waals surface area contributed by atoms with E-state index < -0.39 is 6.04 Å². The summed E-state index contributed by atoms with van der Waals surface area (Å²) in [5.41, 5.74) is 2.29. The van der Waals surface area contributed by atoms with Crippen molar-refractivity contribution in [1.82, 2.24) is 25.3 Å². The van der Waals surface area contributed by atoms with Gasteiger partial charge >= 0.3 is 0 Å². The van der Waals surface area contributed by atoms with Gasteiger partial charge in [-0.25, -0.2) is 0 Å². The number of amides is 2. The van der Waals surface area contributed by atoms with Gasteiger partial charge in [0.25, 0.3) is 5.91 Å². The second-order valence-corrected chi connectivity index (χ2v) is 10.2. The number of hydrogen-bond donors (Lipinski definition) is 1. The summed E-state index contributed by atoms with van der Waals surface area (Å²) < 4.78 is 12.5. The maximum Gasteiger partial charge on any atom is 0.255 e. The number of nitrogens with zero attached hydrogens (tertiary/aromatic N) is 4. The van der Waals surface area contributed by atoms with E-state index in [0.717, 1.165) is 43.7 Å². The van der Waals surface area contributed by atoms with E-state index in [0.29, 0.717) is 42.6 Å². The Balaban J connectivity index is 1.09. The zero-order valence-corrected chi connectivity index (χ0v) is 20.3. The summed E-state index contributed by atoms with van der Waals surface area (Å²) in [7, 11) is 0. The molecule has 1 unspecified atom stereocenters. The lowest BCUT2D eigenvalue weighted by molar-refractivity contribution is -0.126. The van der Waals surface area contributed by atoms with Gasteiger partial charge in [-0.2, -0.15) is 5.10 Å². The summed E-state index contributed by atoms with van der Waals surface area (Å²) in [6.07, 6.45) is 7.60. The standard InChI is InChI=1S/C27H31N5O4/c1-17-8-11-23(26(33)29-17)32-14-18-13-19(9-10-21(18)27(32)34)35-24-6-3-2-5-22(24)31-15-20(16-31)36-25-7-4-12-28-30-25/h4,7,9-10,12-13,20,22-24H,1-3,5-6,8,11,14-16H2,(H,29,33)/t22-,23?,24+/m1/s1. The molecule has 2 aromatic rings. The number of ether oxygens (including phenoxy) is 2. The molecular formula is C27H31N5O4. The summed E-state index contributed by atoms with van der Waals surface area (Å²) in [4.78, 5) is 29.6. The predicted octanol–water partition coefficient (Wildman–Crippen LogP) is 2.68. The maximum absolute atomic E-state index is 13.0. The Labute approximate surface area is 210 Å². The van der Waals surface area contributed by atoms with Crippen LogP contribution in [0.3, 0.4) is 0 Å². The number of fused-ring (bicyclic) bond motifs is 1. The number of carbonyl (C=O) groups is 2. The van der Waals surface area contributed by atoms with Crippen molar-refractivity contribution < 1.29 is 19.1 Å². The number of likely N-dealkylation sites (tertiary alicyclic amines) is 1. The molecule has 2 amide bonds. The van der Waals surface area contributed by atoms with Gasteiger partial charge in [-0.15, -0.1) is 5.10 Å². The van der Waals surface area contributed by atoms with Crippen LogP contribution in [0.2, 0.25) is 0 Å². The van der Waals surface area contributed by atoms with Crippen LogP contribution in [-0.4, -0.2) is 69.2 Å². The van der Waals surface area contributed by atoms with Gasteiger partial charge in [-0.3, -0.25) is 14.5 Å². The molecule has 4 heterocycles. The third-order valence-corrected chi connectivity index (χ3v) is 7.74. The van der Waals surface area contributed by atoms with Crippen molar-refractivity contribution in [2.24, 2.45) is 0 Å². The number of aromatic nitrogens is 2. The highest BCUT2D eigenvalue weighted by molar-refractivity contribution is 6.01. The van der Waals surface area contributed by atoms with Crippen molar-refractivity contribution in [3.05, 3.63) is 59.9 Å². The molecule has 1 aliphatic carbocycles. The molecule has 3 fully saturated rings. The summed E-state index contributed by atoms with van der Waals surface area (Å²) in [5, 5.41) is 10.7. The van der Waals surface area contributed by atoms with Gasteiger partial charge in [-0.1, -0.05) is 13.0 Å². The van der Waals surface area contributed by atoms with Crippen molar-refractivity contribution in [1.29, 1.82) is 0 Å². The Bertz CT molecular complexity index is 1170. The predicted molar refractivity (Wildman–Crippen MR) is 131 cm³/mol. The Morgan fingerprint density at radius 2 is 1.92 bits per heavy atom. The fourth-order valence-corrected chi connectivity index (χ4v) is 5.85. The Morgan fingerprint density at radius 1 is 1.06 bits per heavy atom. The van der Waals surface area contributed by atoms with Gasteiger partial charge in [0.2, 0.25) is 11.8 Å². The minimum Gasteiger partial charge on any atom is -0.489 e. The molecule has 1 aromatic carbocycles. The van der Waals surface area contributed by atoms with Crippen LogP contribution >= 0.6 is 0 Å². The van der Waals surface area contributed by atoms with Crippen LogP contribution in [0.1, 0.15) is 54.4 Å². The van der Waals surface area contributed by atoms with Crippen molar-refractivity contribution in [2.45, 2.75) is 69.4 Å². The zero-order valence-electron chi connectivity index (χ0n) is 20.3. The molecule has 6 rings (SSSR count). The lowest BCUT2D eigenvalue weighted by Crippen LogP contribution is -2.62. The SMILES string of the molecule is C=C1CCC(N2Cc3cc(O[C@H]4CCCC[C@H]4N4CC(Oc5cccnn5)C4)ccc3C2=O)C(=O)N1. The number of nitrogens with one attached hydrogen (secondary N) is 1. The summed E-state index contributed by atoms with van der Waals surface area (Å²) in [6.45, 7) is 5.97. The van der Waals surface area contributed by atoms with Gasteiger partial charge in [0.05, 0.1) is 0 Å². The number of benzene rings is 1. The first-order valence-electron chi connectivity index (χ1n) is 12.8. The zero-order chi connectivity index (χ0) is 24.6. The van der Waals surface area contributed by atoms with Crippen LogP contribution < -0.4 is 14.8 Å². The fraction of sp³-hybridized carbons (Fsp3) is 0.481. The van der Waals surface area contributed by atoms with Gasteiger partial charge in [0.15, 0.2) is 0 Å². The molecule has 36 heavy (non-hydrogen) atoms. The second-order valence-electron chi connectivity index (χ2n) is 10.2. The smallest absolute Gasteiger partial charge is 0.255 e. The van der Waals surface area contributed by atoms with Crippen LogP contribution in [-0.2, 0) is 11.3 Å². The summed E-state index contributed by atoms with van der Waals surface area (Å²) in [6, 6.07) is 9.27. The van der Waals surface area contributed by atoms with Crippen LogP contribution in [0.25, 0.3) is 0 Å². The summed E-state index contributed by atoms with van der Waals surface area (Å²) >= 11 is 0. The van der Waals surface area contributed by atoms with Crippen LogP contribution in [0, 0.1) is 0 Å². The van der Waals surface area contributed by atoms with E-state index in [1.165, 1.54) is 6.42 Å². The van der Waals surface area contributed by atoms with Gasteiger partial charge in [-0.05, 0) is 61.9 Å². The average Bonchev–Trinajstić information content (AvgIpc) is 3.18. The molecule has 188 valence electrons. The third kappa shape index (κ3) is 4.43. The van der Waals surface area contributed by atoms with E-state index in [9.17, 15) is 9.59 Å². The van der Waals surface area contributed by atoms with Gasteiger partial charge < -0.3 is 19.7 Å². The minimum absolute atomic E-state index is 0.0884. The highest BCUT2D eigenvalue weighted by Gasteiger charge is 2.41. The number of rotatable bonds is 6. The molecule has 3 aliphatic heterocycles. The van der Waals surface area contributed by atoms with Crippen molar-refractivity contribution >= 4 is 11.8 Å². The highest BCUT2D eigenvalue weighted by atomic mass is 16.5. The maximum atomic E-state index is 13.0. The van der Waals surface area contributed by atoms with E-state index in [4.69, 9.17) is 9.47 Å². The normalized spacial score (nSPS) is 26.8. The van der Waals surface area contributed by atoms with Crippen LogP contribution in [0.5, 0.6) is 11.6 Å². The van der Waals surface area contributed by atoms with Gasteiger partial charge in [0.1, 0.15) is 24.0 Å². The lowest BCUT2D eigenvalue weighted by Gasteiger charge is -2.47. The van der Waals surface area contributed by atoms with Crippen molar-refractivity contribution in [2.75, 3.05) is 13.1 Å². The molecule has 1 saturated carbocycles. The molecule has 1 N–H and O–H groups in total. The van der Waals surface area contributed by atoms with E-state index in [-0.39, 0.29) is 24.0 Å². The molecule has 9 heteroatoms. The molecule has 9 nitrogen and oxygen atoms in total. The molecule has 3 atom stereocenters. The van der Waals surface area contributed by atoms with E-state index >= 15 is 0 Å². The van der Waals surface area contributed by atoms with Crippen molar-refractivity contribution in [3.8, 4) is 11.6 Å². The average molecular weight is 490 g/mol. The molecule has 2 saturated heterocycles. The van der Waals surface area contributed by atoms with Crippen LogP contribution in [0.4, 0.5) is 0 Å². The monoisotopic (exact) mass is 489 g/mol. The first-order valence-corrected chi connectivity index (χ1v) is 12.8. The molecule has 1 aromatic heterocycles. The molecular weight excluding hydrogens is 458 g/mol. The van der Waals surface area contributed by atoms with E-state index in [1.54, 1.807) is 11.1 Å². The third-order valence-electron chi connectivity index (χ3n) is 7.74. The number of allylic oxidation sites excluding steroid dienone is 1. The number of carbonyl (C=O) groups excluding carboxylic acids is 2. The molecule has 4 aliphatic rings. The van der Waals surface area contributed by atoms with Crippen molar-refractivity contribution in [3.63, 3.8) is 0 Å². The number of piperidine rings is 1. The fourth-order valence-electron chi connectivity index (χ4n) is 5.85. The number of hydrogen-bond acceptors (Lipinski definition) is 7. The first-order chi connectivity index (χ1) is 17.5. The Morgan fingerprint density at radius 3 is 2.72 bits per heavy atom. The van der Waals surface area contributed by atoms with E-state index in [2.05, 4.69) is 27.0 Å². The highest BCUT2D eigenvalue weighted by Crippen LogP contribution is 2.34. The summed E-state index contributed by atoms with van der Waals surface area (Å²) in [5.74, 6) is 1.12. The van der Waals surface area contributed by atoms with Crippen LogP contribution in [0.15, 0.2) is 48.8 Å². The largest absolute Gasteiger partial charge is 0.489 e. The second kappa shape index (κ2) is 9.54.